The molecule has 0 aliphatic rings. The third-order valence-electron chi connectivity index (χ3n) is 3.57. The summed E-state index contributed by atoms with van der Waals surface area (Å²) in [5, 5.41) is 0. The van der Waals surface area contributed by atoms with E-state index in [4.69, 9.17) is 9.15 Å². The molecule has 0 aliphatic heterocycles. The number of rotatable bonds is 8. The Morgan fingerprint density at radius 1 is 1.12 bits per heavy atom. The molecule has 0 amide bonds. The second-order valence-electron chi connectivity index (χ2n) is 5.46. The van der Waals surface area contributed by atoms with Crippen LogP contribution in [0.3, 0.4) is 0 Å². The standard InChI is InChI=1S/C20H19NO3S/c1-15(22)18-9-5-6-10-19(18)23-11-12-25-14-17-13-24-20(21-17)16-7-3-2-4-8-16/h2-10,13H,11-12,14H2,1H3. The van der Waals surface area contributed by atoms with Crippen molar-refractivity contribution in [3.05, 3.63) is 72.1 Å². The van der Waals surface area contributed by atoms with Crippen LogP contribution in [0.2, 0.25) is 0 Å². The lowest BCUT2D eigenvalue weighted by Crippen LogP contribution is -2.04. The van der Waals surface area contributed by atoms with E-state index in [9.17, 15) is 4.79 Å². The van der Waals surface area contributed by atoms with Crippen molar-refractivity contribution in [2.75, 3.05) is 12.4 Å². The number of carbonyl (C=O) groups excluding carboxylic acids is 1. The summed E-state index contributed by atoms with van der Waals surface area (Å²) in [6.45, 7) is 2.09. The third-order valence-corrected chi connectivity index (χ3v) is 4.53. The van der Waals surface area contributed by atoms with E-state index in [1.807, 2.05) is 48.5 Å². The number of nitrogens with zero attached hydrogens (tertiary/aromatic N) is 1. The number of hydrogen-bond acceptors (Lipinski definition) is 5. The zero-order valence-corrected chi connectivity index (χ0v) is 14.8. The lowest BCUT2D eigenvalue weighted by Gasteiger charge is -2.08. The topological polar surface area (TPSA) is 52.3 Å². The molecule has 4 nitrogen and oxygen atoms in total. The van der Waals surface area contributed by atoms with Crippen LogP contribution in [0.4, 0.5) is 0 Å². The summed E-state index contributed by atoms with van der Waals surface area (Å²) >= 11 is 1.72. The van der Waals surface area contributed by atoms with Crippen molar-refractivity contribution < 1.29 is 13.9 Å². The van der Waals surface area contributed by atoms with Gasteiger partial charge in [0.1, 0.15) is 12.0 Å². The summed E-state index contributed by atoms with van der Waals surface area (Å²) in [4.78, 5) is 16.1. The van der Waals surface area contributed by atoms with E-state index in [0.717, 1.165) is 22.8 Å². The Hall–Kier alpha value is -2.53. The highest BCUT2D eigenvalue weighted by Gasteiger charge is 2.08. The van der Waals surface area contributed by atoms with Crippen LogP contribution >= 0.6 is 11.8 Å². The lowest BCUT2D eigenvalue weighted by atomic mass is 10.1. The summed E-state index contributed by atoms with van der Waals surface area (Å²) < 4.78 is 11.3. The molecule has 0 spiro atoms. The van der Waals surface area contributed by atoms with Gasteiger partial charge in [-0.2, -0.15) is 11.8 Å². The number of aromatic nitrogens is 1. The molecule has 0 aliphatic carbocycles. The van der Waals surface area contributed by atoms with Crippen LogP contribution in [0.1, 0.15) is 23.0 Å². The minimum absolute atomic E-state index is 0.0132. The molecule has 25 heavy (non-hydrogen) atoms. The molecule has 128 valence electrons. The molecule has 0 N–H and O–H groups in total. The number of hydrogen-bond donors (Lipinski definition) is 0. The fraction of sp³-hybridized carbons (Fsp3) is 0.200. The largest absolute Gasteiger partial charge is 0.492 e. The summed E-state index contributed by atoms with van der Waals surface area (Å²) in [7, 11) is 0. The molecule has 0 saturated heterocycles. The second-order valence-corrected chi connectivity index (χ2v) is 6.57. The van der Waals surface area contributed by atoms with Crippen LogP contribution in [-0.4, -0.2) is 23.1 Å². The molecule has 0 bridgehead atoms. The Kier molecular flexibility index (Phi) is 5.90. The molecule has 0 atom stereocenters. The Balaban J connectivity index is 1.45. The average Bonchev–Trinajstić information content (AvgIpc) is 3.11. The highest BCUT2D eigenvalue weighted by molar-refractivity contribution is 7.98. The first-order valence-corrected chi connectivity index (χ1v) is 9.20. The van der Waals surface area contributed by atoms with Crippen LogP contribution in [0.5, 0.6) is 5.75 Å². The van der Waals surface area contributed by atoms with E-state index in [0.29, 0.717) is 23.8 Å². The van der Waals surface area contributed by atoms with Crippen molar-refractivity contribution in [1.29, 1.82) is 0 Å². The van der Waals surface area contributed by atoms with E-state index < -0.39 is 0 Å². The Bertz CT molecular complexity index is 830. The summed E-state index contributed by atoms with van der Waals surface area (Å²) in [6, 6.07) is 17.2. The molecule has 5 heteroatoms. The van der Waals surface area contributed by atoms with Crippen molar-refractivity contribution >= 4 is 17.5 Å². The van der Waals surface area contributed by atoms with E-state index in [1.165, 1.54) is 0 Å². The number of Topliss-reactive ketones (excluding diaryl/α,β-unsaturated/α-hetero) is 1. The van der Waals surface area contributed by atoms with Gasteiger partial charge >= 0.3 is 0 Å². The van der Waals surface area contributed by atoms with Crippen LogP contribution in [0, 0.1) is 0 Å². The summed E-state index contributed by atoms with van der Waals surface area (Å²) in [5.41, 5.74) is 2.51. The second kappa shape index (κ2) is 8.53. The fourth-order valence-corrected chi connectivity index (χ4v) is 3.04. The predicted octanol–water partition coefficient (Wildman–Crippen LogP) is 4.86. The Morgan fingerprint density at radius 3 is 2.68 bits per heavy atom. The number of carbonyl (C=O) groups is 1. The van der Waals surface area contributed by atoms with Crippen LogP contribution in [-0.2, 0) is 5.75 Å². The number of ether oxygens (including phenoxy) is 1. The first-order chi connectivity index (χ1) is 12.2. The quantitative estimate of drug-likeness (QED) is 0.428. The van der Waals surface area contributed by atoms with Gasteiger partial charge in [0.05, 0.1) is 17.9 Å². The summed E-state index contributed by atoms with van der Waals surface area (Å²) in [6.07, 6.45) is 1.70. The number of para-hydroxylation sites is 1. The number of ketones is 1. The highest BCUT2D eigenvalue weighted by Crippen LogP contribution is 2.21. The van der Waals surface area contributed by atoms with Gasteiger partial charge in [0.25, 0.3) is 0 Å². The molecule has 3 aromatic rings. The maximum atomic E-state index is 11.6. The molecule has 0 fully saturated rings. The van der Waals surface area contributed by atoms with E-state index >= 15 is 0 Å². The smallest absolute Gasteiger partial charge is 0.226 e. The Labute approximate surface area is 151 Å². The van der Waals surface area contributed by atoms with Gasteiger partial charge in [-0.25, -0.2) is 4.98 Å². The number of oxazole rings is 1. The molecule has 2 aromatic carbocycles. The van der Waals surface area contributed by atoms with Crippen LogP contribution in [0.15, 0.2) is 65.3 Å². The zero-order chi connectivity index (χ0) is 17.5. The van der Waals surface area contributed by atoms with Gasteiger partial charge in [-0.1, -0.05) is 30.3 Å². The monoisotopic (exact) mass is 353 g/mol. The van der Waals surface area contributed by atoms with Crippen molar-refractivity contribution in [3.8, 4) is 17.2 Å². The normalized spacial score (nSPS) is 10.6. The van der Waals surface area contributed by atoms with Gasteiger partial charge in [-0.3, -0.25) is 4.79 Å². The minimum Gasteiger partial charge on any atom is -0.492 e. The van der Waals surface area contributed by atoms with Gasteiger partial charge in [0.2, 0.25) is 5.89 Å². The van der Waals surface area contributed by atoms with Gasteiger partial charge in [-0.05, 0) is 31.2 Å². The first-order valence-electron chi connectivity index (χ1n) is 8.04. The maximum Gasteiger partial charge on any atom is 0.226 e. The maximum absolute atomic E-state index is 11.6. The van der Waals surface area contributed by atoms with Gasteiger partial charge in [0, 0.05) is 17.1 Å². The van der Waals surface area contributed by atoms with Crippen molar-refractivity contribution in [3.63, 3.8) is 0 Å². The molecule has 0 saturated carbocycles. The SMILES string of the molecule is CC(=O)c1ccccc1OCCSCc1coc(-c2ccccc2)n1. The van der Waals surface area contributed by atoms with E-state index in [-0.39, 0.29) is 5.78 Å². The third kappa shape index (κ3) is 4.73. The molecule has 0 unspecified atom stereocenters. The van der Waals surface area contributed by atoms with Crippen molar-refractivity contribution in [1.82, 2.24) is 4.98 Å². The van der Waals surface area contributed by atoms with Gasteiger partial charge < -0.3 is 9.15 Å². The van der Waals surface area contributed by atoms with Crippen molar-refractivity contribution in [2.45, 2.75) is 12.7 Å². The summed E-state index contributed by atoms with van der Waals surface area (Å²) in [5.74, 6) is 2.86. The number of benzene rings is 2. The van der Waals surface area contributed by atoms with E-state index in [2.05, 4.69) is 4.98 Å². The molecule has 0 radical (unpaired) electrons. The molecule has 1 heterocycles. The number of thioether (sulfide) groups is 1. The average molecular weight is 353 g/mol. The van der Waals surface area contributed by atoms with Crippen LogP contribution < -0.4 is 4.74 Å². The zero-order valence-electron chi connectivity index (χ0n) is 14.0. The molecular weight excluding hydrogens is 334 g/mol. The Morgan fingerprint density at radius 2 is 1.88 bits per heavy atom. The fourth-order valence-electron chi connectivity index (χ4n) is 2.36. The van der Waals surface area contributed by atoms with Gasteiger partial charge in [0.15, 0.2) is 5.78 Å². The van der Waals surface area contributed by atoms with Gasteiger partial charge in [-0.15, -0.1) is 0 Å². The van der Waals surface area contributed by atoms with Crippen LogP contribution in [0.25, 0.3) is 11.5 Å². The first kappa shape index (κ1) is 17.3. The minimum atomic E-state index is 0.0132. The lowest BCUT2D eigenvalue weighted by molar-refractivity contribution is 0.101. The molecule has 3 rings (SSSR count). The predicted molar refractivity (Wildman–Crippen MR) is 100 cm³/mol. The molecular formula is C20H19NO3S. The van der Waals surface area contributed by atoms with Crippen molar-refractivity contribution in [2.24, 2.45) is 0 Å². The highest BCUT2D eigenvalue weighted by atomic mass is 32.2. The van der Waals surface area contributed by atoms with E-state index in [1.54, 1.807) is 31.0 Å². The molecule has 1 aromatic heterocycles.